The zero-order valence-electron chi connectivity index (χ0n) is 15.4. The highest BCUT2D eigenvalue weighted by Gasteiger charge is 2.43. The van der Waals surface area contributed by atoms with E-state index >= 15 is 0 Å². The van der Waals surface area contributed by atoms with Crippen LogP contribution in [0.5, 0.6) is 0 Å². The molecule has 0 radical (unpaired) electrons. The van der Waals surface area contributed by atoms with Gasteiger partial charge in [0.2, 0.25) is 0 Å². The molecular formula is C19H17Cl2F4N3O2. The van der Waals surface area contributed by atoms with E-state index in [0.717, 1.165) is 6.20 Å². The van der Waals surface area contributed by atoms with E-state index in [4.69, 9.17) is 23.2 Å². The predicted molar refractivity (Wildman–Crippen MR) is 102 cm³/mol. The Kier molecular flexibility index (Phi) is 6.54. The molecule has 0 spiro atoms. The lowest BCUT2D eigenvalue weighted by atomic mass is 9.77. The highest BCUT2D eigenvalue weighted by molar-refractivity contribution is 6.34. The maximum Gasteiger partial charge on any atom is 0.417 e. The molecular weight excluding hydrogens is 449 g/mol. The van der Waals surface area contributed by atoms with Gasteiger partial charge in [0.1, 0.15) is 23.1 Å². The molecule has 2 N–H and O–H groups in total. The Hall–Kier alpha value is -1.97. The number of carbonyl (C=O) groups excluding carboxylic acids is 1. The average Bonchev–Trinajstić information content (AvgIpc) is 2.67. The Morgan fingerprint density at radius 1 is 1.23 bits per heavy atom. The van der Waals surface area contributed by atoms with Gasteiger partial charge in [-0.05, 0) is 43.9 Å². The number of hydrogen-bond acceptors (Lipinski definition) is 4. The normalized spacial score (nSPS) is 23.1. The van der Waals surface area contributed by atoms with Crippen LogP contribution in [0, 0.1) is 0 Å². The second-order valence-electron chi connectivity index (χ2n) is 7.09. The molecule has 30 heavy (non-hydrogen) atoms. The van der Waals surface area contributed by atoms with Crippen molar-refractivity contribution in [3.05, 3.63) is 57.6 Å². The van der Waals surface area contributed by atoms with Crippen molar-refractivity contribution in [1.82, 2.24) is 15.3 Å². The summed E-state index contributed by atoms with van der Waals surface area (Å²) >= 11 is 11.7. The number of aliphatic hydroxyl groups is 1. The van der Waals surface area contributed by atoms with Crippen molar-refractivity contribution >= 4 is 29.1 Å². The number of nitrogens with one attached hydrogen (secondary N) is 1. The van der Waals surface area contributed by atoms with Gasteiger partial charge in [0.05, 0.1) is 21.9 Å². The Balaban J connectivity index is 1.97. The Morgan fingerprint density at radius 2 is 1.90 bits per heavy atom. The van der Waals surface area contributed by atoms with Crippen LogP contribution < -0.4 is 5.32 Å². The molecule has 0 saturated heterocycles. The maximum absolute atomic E-state index is 13.6. The SMILES string of the molecule is O=C(NC(c1cccc(Cl)n1)[C@]1(O)CC[C@H](F)CC1)c1nccc(C(F)(F)F)c1Cl. The topological polar surface area (TPSA) is 75.1 Å². The molecule has 0 aromatic carbocycles. The van der Waals surface area contributed by atoms with E-state index in [9.17, 15) is 27.5 Å². The first-order valence-electron chi connectivity index (χ1n) is 9.03. The van der Waals surface area contributed by atoms with Gasteiger partial charge in [0.25, 0.3) is 5.91 Å². The van der Waals surface area contributed by atoms with Crippen LogP contribution in [0.25, 0.3) is 0 Å². The van der Waals surface area contributed by atoms with Crippen LogP contribution in [0.2, 0.25) is 10.2 Å². The number of carbonyl (C=O) groups is 1. The summed E-state index contributed by atoms with van der Waals surface area (Å²) in [7, 11) is 0. The summed E-state index contributed by atoms with van der Waals surface area (Å²) in [5, 5.41) is 12.8. The minimum atomic E-state index is -4.78. The van der Waals surface area contributed by atoms with Crippen molar-refractivity contribution in [2.45, 2.75) is 49.7 Å². The van der Waals surface area contributed by atoms with Gasteiger partial charge in [-0.15, -0.1) is 0 Å². The number of halogens is 6. The molecule has 2 heterocycles. The summed E-state index contributed by atoms with van der Waals surface area (Å²) in [6.45, 7) is 0. The molecule has 162 valence electrons. The van der Waals surface area contributed by atoms with Crippen molar-refractivity contribution in [2.75, 3.05) is 0 Å². The third kappa shape index (κ3) is 4.84. The van der Waals surface area contributed by atoms with E-state index in [1.807, 2.05) is 0 Å². The summed E-state index contributed by atoms with van der Waals surface area (Å²) in [6, 6.07) is 4.02. The van der Waals surface area contributed by atoms with Crippen LogP contribution in [0.15, 0.2) is 30.5 Å². The summed E-state index contributed by atoms with van der Waals surface area (Å²) in [5.74, 6) is -1.03. The fourth-order valence-corrected chi connectivity index (χ4v) is 3.93. The standard InChI is InChI=1S/C19H17Cl2F4N3O2/c20-13-3-1-2-12(27-13)16(18(30)7-4-10(22)5-8-18)28-17(29)15-14(21)11(6-9-26-15)19(23,24)25/h1-3,6,9-10,16,30H,4-5,7-8H2,(H,28,29)/t10-,16?,18-. The Morgan fingerprint density at radius 3 is 2.50 bits per heavy atom. The second kappa shape index (κ2) is 8.64. The quantitative estimate of drug-likeness (QED) is 0.496. The molecule has 3 rings (SSSR count). The van der Waals surface area contributed by atoms with Gasteiger partial charge in [-0.1, -0.05) is 29.3 Å². The highest BCUT2D eigenvalue weighted by Crippen LogP contribution is 2.40. The molecule has 1 aliphatic carbocycles. The minimum Gasteiger partial charge on any atom is -0.387 e. The number of pyridine rings is 2. The Labute approximate surface area is 179 Å². The molecule has 1 fully saturated rings. The van der Waals surface area contributed by atoms with Gasteiger partial charge in [0.15, 0.2) is 0 Å². The van der Waals surface area contributed by atoms with Crippen LogP contribution >= 0.6 is 23.2 Å². The second-order valence-corrected chi connectivity index (χ2v) is 7.85. The molecule has 5 nitrogen and oxygen atoms in total. The fraction of sp³-hybridized carbons (Fsp3) is 0.421. The first-order chi connectivity index (χ1) is 14.0. The highest BCUT2D eigenvalue weighted by atomic mass is 35.5. The third-order valence-corrected chi connectivity index (χ3v) is 5.63. The number of rotatable bonds is 4. The number of amides is 1. The van der Waals surface area contributed by atoms with Gasteiger partial charge in [-0.25, -0.2) is 14.4 Å². The van der Waals surface area contributed by atoms with E-state index in [0.29, 0.717) is 6.07 Å². The predicted octanol–water partition coefficient (Wildman–Crippen LogP) is 4.92. The van der Waals surface area contributed by atoms with Crippen LogP contribution in [-0.2, 0) is 6.18 Å². The first-order valence-corrected chi connectivity index (χ1v) is 9.78. The summed E-state index contributed by atoms with van der Waals surface area (Å²) in [6.07, 6.45) is -4.90. The molecule has 1 saturated carbocycles. The number of nitrogens with zero attached hydrogens (tertiary/aromatic N) is 2. The van der Waals surface area contributed by atoms with Crippen LogP contribution in [0.4, 0.5) is 17.6 Å². The smallest absolute Gasteiger partial charge is 0.387 e. The van der Waals surface area contributed by atoms with E-state index < -0.39 is 46.2 Å². The molecule has 1 aliphatic rings. The summed E-state index contributed by atoms with van der Waals surface area (Å²) in [5.41, 5.74) is -3.26. The summed E-state index contributed by atoms with van der Waals surface area (Å²) in [4.78, 5) is 20.6. The van der Waals surface area contributed by atoms with Crippen molar-refractivity contribution in [2.24, 2.45) is 0 Å². The average molecular weight is 466 g/mol. The van der Waals surface area contributed by atoms with Gasteiger partial charge < -0.3 is 10.4 Å². The van der Waals surface area contributed by atoms with Crippen molar-refractivity contribution < 1.29 is 27.5 Å². The number of alkyl halides is 4. The number of aromatic nitrogens is 2. The first kappa shape index (κ1) is 22.7. The largest absolute Gasteiger partial charge is 0.417 e. The lowest BCUT2D eigenvalue weighted by molar-refractivity contribution is -0.137. The molecule has 1 unspecified atom stereocenters. The van der Waals surface area contributed by atoms with Crippen LogP contribution in [0.3, 0.4) is 0 Å². The van der Waals surface area contributed by atoms with Gasteiger partial charge >= 0.3 is 6.18 Å². The Bertz CT molecular complexity index is 934. The van der Waals surface area contributed by atoms with E-state index in [-0.39, 0.29) is 36.5 Å². The molecule has 0 aliphatic heterocycles. The minimum absolute atomic E-state index is 0.0110. The van der Waals surface area contributed by atoms with Gasteiger partial charge in [-0.2, -0.15) is 13.2 Å². The van der Waals surface area contributed by atoms with Crippen LogP contribution in [-0.4, -0.2) is 32.8 Å². The third-order valence-electron chi connectivity index (χ3n) is 5.04. The van der Waals surface area contributed by atoms with Crippen molar-refractivity contribution in [1.29, 1.82) is 0 Å². The number of hydrogen-bond donors (Lipinski definition) is 2. The van der Waals surface area contributed by atoms with Crippen molar-refractivity contribution in [3.63, 3.8) is 0 Å². The van der Waals surface area contributed by atoms with E-state index in [2.05, 4.69) is 15.3 Å². The zero-order chi connectivity index (χ0) is 22.1. The van der Waals surface area contributed by atoms with Crippen molar-refractivity contribution in [3.8, 4) is 0 Å². The van der Waals surface area contributed by atoms with Gasteiger partial charge in [-0.3, -0.25) is 4.79 Å². The molecule has 1 amide bonds. The van der Waals surface area contributed by atoms with E-state index in [1.54, 1.807) is 6.07 Å². The summed E-state index contributed by atoms with van der Waals surface area (Å²) < 4.78 is 52.9. The molecule has 2 aromatic heterocycles. The van der Waals surface area contributed by atoms with E-state index in [1.165, 1.54) is 12.1 Å². The lowest BCUT2D eigenvalue weighted by Gasteiger charge is -2.40. The molecule has 2 aromatic rings. The fourth-order valence-electron chi connectivity index (χ4n) is 3.46. The van der Waals surface area contributed by atoms with Crippen LogP contribution in [0.1, 0.15) is 53.5 Å². The molecule has 11 heteroatoms. The maximum atomic E-state index is 13.6. The lowest BCUT2D eigenvalue weighted by Crippen LogP contribution is -2.49. The molecule has 1 atom stereocenters. The van der Waals surface area contributed by atoms with Gasteiger partial charge in [0, 0.05) is 6.20 Å². The zero-order valence-corrected chi connectivity index (χ0v) is 16.9. The molecule has 0 bridgehead atoms. The monoisotopic (exact) mass is 465 g/mol.